The first-order valence-electron chi connectivity index (χ1n) is 9.47. The standard InChI is InChI=1S/C23H24F2O/c1-3-26-23-11-6-16(13-22(23)25)18-8-10-19-17(7-9-20(18)19)15-5-4-14(2)21(24)12-15/h4-6,8,11-13,17,19-20H,3,7,9-10H2,1-2H3. The topological polar surface area (TPSA) is 9.23 Å². The van der Waals surface area contributed by atoms with Crippen molar-refractivity contribution in [1.82, 2.24) is 0 Å². The number of benzene rings is 2. The van der Waals surface area contributed by atoms with Crippen molar-refractivity contribution < 1.29 is 13.5 Å². The van der Waals surface area contributed by atoms with E-state index >= 15 is 0 Å². The summed E-state index contributed by atoms with van der Waals surface area (Å²) in [6, 6.07) is 10.9. The third-order valence-corrected chi connectivity index (χ3v) is 6.02. The van der Waals surface area contributed by atoms with Crippen molar-refractivity contribution in [2.24, 2.45) is 11.8 Å². The van der Waals surface area contributed by atoms with Crippen LogP contribution in [0.15, 0.2) is 42.5 Å². The van der Waals surface area contributed by atoms with Crippen LogP contribution in [0.1, 0.15) is 48.8 Å². The number of halogens is 2. The van der Waals surface area contributed by atoms with Gasteiger partial charge in [-0.2, -0.15) is 0 Å². The summed E-state index contributed by atoms with van der Waals surface area (Å²) in [4.78, 5) is 0. The van der Waals surface area contributed by atoms with Gasteiger partial charge < -0.3 is 4.74 Å². The summed E-state index contributed by atoms with van der Waals surface area (Å²) in [5.41, 5.74) is 3.99. The van der Waals surface area contributed by atoms with Crippen molar-refractivity contribution in [3.63, 3.8) is 0 Å². The summed E-state index contributed by atoms with van der Waals surface area (Å²) >= 11 is 0. The molecule has 2 aromatic rings. The quantitative estimate of drug-likeness (QED) is 0.629. The fourth-order valence-corrected chi connectivity index (χ4v) is 4.74. The molecular weight excluding hydrogens is 330 g/mol. The van der Waals surface area contributed by atoms with Crippen LogP contribution >= 0.6 is 0 Å². The van der Waals surface area contributed by atoms with Crippen LogP contribution in [-0.2, 0) is 0 Å². The van der Waals surface area contributed by atoms with Gasteiger partial charge in [0.15, 0.2) is 11.6 Å². The summed E-state index contributed by atoms with van der Waals surface area (Å²) in [6.45, 7) is 4.11. The number of hydrogen-bond acceptors (Lipinski definition) is 1. The average Bonchev–Trinajstić information content (AvgIpc) is 3.21. The van der Waals surface area contributed by atoms with Crippen LogP contribution in [0.3, 0.4) is 0 Å². The number of rotatable bonds is 4. The molecular formula is C23H24F2O. The molecule has 26 heavy (non-hydrogen) atoms. The van der Waals surface area contributed by atoms with E-state index in [4.69, 9.17) is 4.74 Å². The molecule has 1 nitrogen and oxygen atoms in total. The Kier molecular flexibility index (Phi) is 4.56. The highest BCUT2D eigenvalue weighted by Crippen LogP contribution is 2.54. The normalized spacial score (nSPS) is 24.5. The fraction of sp³-hybridized carbons (Fsp3) is 0.391. The monoisotopic (exact) mass is 354 g/mol. The van der Waals surface area contributed by atoms with E-state index in [-0.39, 0.29) is 11.6 Å². The zero-order chi connectivity index (χ0) is 18.3. The molecule has 1 saturated carbocycles. The van der Waals surface area contributed by atoms with E-state index in [2.05, 4.69) is 12.1 Å². The zero-order valence-electron chi connectivity index (χ0n) is 15.3. The predicted molar refractivity (Wildman–Crippen MR) is 100 cm³/mol. The number of allylic oxidation sites excluding steroid dienone is 2. The molecule has 2 aliphatic carbocycles. The SMILES string of the molecule is CCOc1ccc(C2=CCC3C2CCC3c2ccc(C)c(F)c2)cc1F. The molecule has 0 spiro atoms. The maximum atomic E-state index is 14.3. The molecule has 0 N–H and O–H groups in total. The molecule has 2 aliphatic rings. The van der Waals surface area contributed by atoms with E-state index in [0.717, 1.165) is 30.4 Å². The molecule has 0 aliphatic heterocycles. The molecule has 3 heteroatoms. The maximum Gasteiger partial charge on any atom is 0.165 e. The molecule has 1 fully saturated rings. The van der Waals surface area contributed by atoms with Gasteiger partial charge in [-0.05, 0) is 91.3 Å². The van der Waals surface area contributed by atoms with Crippen LogP contribution < -0.4 is 4.74 Å². The highest BCUT2D eigenvalue weighted by atomic mass is 19.1. The van der Waals surface area contributed by atoms with Crippen molar-refractivity contribution in [2.45, 2.75) is 39.0 Å². The van der Waals surface area contributed by atoms with Crippen LogP contribution in [0.25, 0.3) is 5.57 Å². The van der Waals surface area contributed by atoms with Crippen molar-refractivity contribution in [3.8, 4) is 5.75 Å². The largest absolute Gasteiger partial charge is 0.491 e. The smallest absolute Gasteiger partial charge is 0.165 e. The van der Waals surface area contributed by atoms with Gasteiger partial charge in [0.05, 0.1) is 6.61 Å². The highest BCUT2D eigenvalue weighted by molar-refractivity contribution is 5.71. The first-order valence-corrected chi connectivity index (χ1v) is 9.47. The van der Waals surface area contributed by atoms with Gasteiger partial charge in [-0.15, -0.1) is 0 Å². The van der Waals surface area contributed by atoms with Crippen molar-refractivity contribution in [2.75, 3.05) is 6.61 Å². The van der Waals surface area contributed by atoms with E-state index in [0.29, 0.717) is 35.7 Å². The second-order valence-corrected chi connectivity index (χ2v) is 7.44. The van der Waals surface area contributed by atoms with Gasteiger partial charge in [0, 0.05) is 0 Å². The van der Waals surface area contributed by atoms with Gasteiger partial charge in [-0.1, -0.05) is 24.3 Å². The molecule has 0 amide bonds. The second kappa shape index (κ2) is 6.86. The molecule has 4 rings (SSSR count). The Labute approximate surface area is 153 Å². The van der Waals surface area contributed by atoms with Gasteiger partial charge in [-0.25, -0.2) is 8.78 Å². The first kappa shape index (κ1) is 17.3. The predicted octanol–water partition coefficient (Wildman–Crippen LogP) is 6.27. The van der Waals surface area contributed by atoms with E-state index in [1.54, 1.807) is 25.1 Å². The van der Waals surface area contributed by atoms with Gasteiger partial charge in [0.2, 0.25) is 0 Å². The minimum absolute atomic E-state index is 0.120. The van der Waals surface area contributed by atoms with E-state index < -0.39 is 0 Å². The van der Waals surface area contributed by atoms with Crippen LogP contribution in [0, 0.1) is 30.4 Å². The summed E-state index contributed by atoms with van der Waals surface area (Å²) in [7, 11) is 0. The van der Waals surface area contributed by atoms with Gasteiger partial charge >= 0.3 is 0 Å². The van der Waals surface area contributed by atoms with E-state index in [9.17, 15) is 8.78 Å². The summed E-state index contributed by atoms with van der Waals surface area (Å²) in [6.07, 6.45) is 5.37. The lowest BCUT2D eigenvalue weighted by atomic mass is 9.83. The molecule has 2 aromatic carbocycles. The van der Waals surface area contributed by atoms with Crippen molar-refractivity contribution >= 4 is 5.57 Å². The third kappa shape index (κ3) is 2.94. The minimum Gasteiger partial charge on any atom is -0.491 e. The third-order valence-electron chi connectivity index (χ3n) is 6.02. The lowest BCUT2D eigenvalue weighted by Crippen LogP contribution is -2.10. The maximum absolute atomic E-state index is 14.3. The molecule has 3 atom stereocenters. The van der Waals surface area contributed by atoms with Gasteiger partial charge in [0.25, 0.3) is 0 Å². The van der Waals surface area contributed by atoms with E-state index in [1.807, 2.05) is 19.1 Å². The minimum atomic E-state index is -0.302. The first-order chi connectivity index (χ1) is 12.6. The van der Waals surface area contributed by atoms with Crippen molar-refractivity contribution in [3.05, 3.63) is 70.8 Å². The number of fused-ring (bicyclic) bond motifs is 1. The Hall–Kier alpha value is -2.16. The van der Waals surface area contributed by atoms with Crippen molar-refractivity contribution in [1.29, 1.82) is 0 Å². The second-order valence-electron chi connectivity index (χ2n) is 7.44. The molecule has 3 unspecified atom stereocenters. The Bertz CT molecular complexity index is 855. The highest BCUT2D eigenvalue weighted by Gasteiger charge is 2.41. The Morgan fingerprint density at radius 3 is 2.54 bits per heavy atom. The zero-order valence-corrected chi connectivity index (χ0v) is 15.3. The molecule has 0 saturated heterocycles. The molecule has 0 bridgehead atoms. The van der Waals surface area contributed by atoms with Crippen LogP contribution in [0.4, 0.5) is 8.78 Å². The number of hydrogen-bond donors (Lipinski definition) is 0. The Balaban J connectivity index is 1.56. The molecule has 0 radical (unpaired) electrons. The van der Waals surface area contributed by atoms with Crippen LogP contribution in [-0.4, -0.2) is 6.61 Å². The summed E-state index contributed by atoms with van der Waals surface area (Å²) in [5.74, 6) is 1.19. The molecule has 136 valence electrons. The van der Waals surface area contributed by atoms with Gasteiger partial charge in [0.1, 0.15) is 5.82 Å². The number of aryl methyl sites for hydroxylation is 1. The summed E-state index contributed by atoms with van der Waals surface area (Å²) in [5, 5.41) is 0. The van der Waals surface area contributed by atoms with Gasteiger partial charge in [-0.3, -0.25) is 0 Å². The lowest BCUT2D eigenvalue weighted by molar-refractivity contribution is 0.321. The van der Waals surface area contributed by atoms with Crippen LogP contribution in [0.5, 0.6) is 5.75 Å². The Morgan fingerprint density at radius 1 is 1.00 bits per heavy atom. The molecule has 0 aromatic heterocycles. The van der Waals surface area contributed by atoms with E-state index in [1.165, 1.54) is 5.57 Å². The molecule has 0 heterocycles. The Morgan fingerprint density at radius 2 is 1.81 bits per heavy atom. The van der Waals surface area contributed by atoms with Crippen LogP contribution in [0.2, 0.25) is 0 Å². The fourth-order valence-electron chi connectivity index (χ4n) is 4.74. The number of ether oxygens (including phenoxy) is 1. The lowest BCUT2D eigenvalue weighted by Gasteiger charge is -2.21. The average molecular weight is 354 g/mol. The summed E-state index contributed by atoms with van der Waals surface area (Å²) < 4.78 is 33.6.